The minimum Gasteiger partial charge on any atom is -0.394 e. The molecule has 3 fully saturated rings. The van der Waals surface area contributed by atoms with E-state index in [1.165, 1.54) is 4.90 Å². The first-order valence-corrected chi connectivity index (χ1v) is 10.8. The fraction of sp³-hybridized carbons (Fsp3) is 0.609. The molecular formula is C23H31N3O5. The second kappa shape index (κ2) is 7.31. The van der Waals surface area contributed by atoms with E-state index in [4.69, 9.17) is 4.74 Å². The first-order valence-electron chi connectivity index (χ1n) is 10.8. The Labute approximate surface area is 182 Å². The standard InChI is InChI=1S/C23H31N3O5/c1-12-7-6-8-13(2)17(12)25-20(29)18-23-10-9-22(4,31-23)15(19(28)24-5)16(23)21(30)26(18)14(3)11-27/h6-8,14-16,18,27H,9-11H2,1-5H3,(H,24,28)(H,25,29)/t14-,15+,16+,18?,22-,23?/m1/s1. The van der Waals surface area contributed by atoms with Crippen LogP contribution in [0.1, 0.15) is 37.8 Å². The van der Waals surface area contributed by atoms with Gasteiger partial charge in [0.05, 0.1) is 30.1 Å². The molecule has 1 aromatic rings. The van der Waals surface area contributed by atoms with E-state index in [0.29, 0.717) is 18.5 Å². The van der Waals surface area contributed by atoms with Crippen LogP contribution in [-0.4, -0.2) is 64.7 Å². The third kappa shape index (κ3) is 2.91. The van der Waals surface area contributed by atoms with Crippen molar-refractivity contribution in [3.05, 3.63) is 29.3 Å². The molecule has 0 saturated carbocycles. The van der Waals surface area contributed by atoms with Crippen molar-refractivity contribution in [1.82, 2.24) is 10.2 Å². The Kier molecular flexibility index (Phi) is 5.13. The van der Waals surface area contributed by atoms with E-state index in [1.54, 1.807) is 14.0 Å². The molecule has 3 aliphatic rings. The maximum absolute atomic E-state index is 13.7. The highest BCUT2D eigenvalue weighted by molar-refractivity contribution is 6.04. The Balaban J connectivity index is 1.79. The highest BCUT2D eigenvalue weighted by Crippen LogP contribution is 2.63. The second-order valence-corrected chi connectivity index (χ2v) is 9.37. The minimum absolute atomic E-state index is 0.255. The summed E-state index contributed by atoms with van der Waals surface area (Å²) in [5.74, 6) is -2.34. The third-order valence-corrected chi connectivity index (χ3v) is 7.46. The summed E-state index contributed by atoms with van der Waals surface area (Å²) in [7, 11) is 1.54. The lowest BCUT2D eigenvalue weighted by atomic mass is 9.66. The van der Waals surface area contributed by atoms with Crippen LogP contribution in [0.3, 0.4) is 0 Å². The second-order valence-electron chi connectivity index (χ2n) is 9.37. The van der Waals surface area contributed by atoms with Crippen LogP contribution in [0.15, 0.2) is 18.2 Å². The summed E-state index contributed by atoms with van der Waals surface area (Å²) in [5, 5.41) is 15.5. The van der Waals surface area contributed by atoms with Crippen molar-refractivity contribution < 1.29 is 24.2 Å². The fourth-order valence-corrected chi connectivity index (χ4v) is 5.99. The Bertz CT molecular complexity index is 929. The predicted octanol–water partition coefficient (Wildman–Crippen LogP) is 1.13. The lowest BCUT2D eigenvalue weighted by Crippen LogP contribution is -2.56. The number of carbonyl (C=O) groups is 3. The molecule has 2 unspecified atom stereocenters. The maximum Gasteiger partial charge on any atom is 0.250 e. The summed E-state index contributed by atoms with van der Waals surface area (Å²) in [5.41, 5.74) is 0.651. The van der Waals surface area contributed by atoms with Gasteiger partial charge in [-0.05, 0) is 51.7 Å². The smallest absolute Gasteiger partial charge is 0.250 e. The van der Waals surface area contributed by atoms with Crippen molar-refractivity contribution >= 4 is 23.4 Å². The van der Waals surface area contributed by atoms with Crippen molar-refractivity contribution in [1.29, 1.82) is 0 Å². The number of benzene rings is 1. The Hall–Kier alpha value is -2.45. The average Bonchev–Trinajstić information content (AvgIpc) is 3.30. The fourth-order valence-electron chi connectivity index (χ4n) is 5.99. The average molecular weight is 430 g/mol. The first kappa shape index (κ1) is 21.8. The zero-order chi connectivity index (χ0) is 22.7. The van der Waals surface area contributed by atoms with Crippen LogP contribution in [0.25, 0.3) is 0 Å². The zero-order valence-electron chi connectivity index (χ0n) is 18.7. The molecule has 8 heteroatoms. The monoisotopic (exact) mass is 429 g/mol. The van der Waals surface area contributed by atoms with E-state index in [-0.39, 0.29) is 24.3 Å². The van der Waals surface area contributed by atoms with Gasteiger partial charge in [0.1, 0.15) is 11.6 Å². The van der Waals surface area contributed by atoms with Gasteiger partial charge < -0.3 is 25.4 Å². The van der Waals surface area contributed by atoms with Crippen LogP contribution in [0.2, 0.25) is 0 Å². The number of rotatable bonds is 5. The van der Waals surface area contributed by atoms with Crippen molar-refractivity contribution in [3.63, 3.8) is 0 Å². The van der Waals surface area contributed by atoms with Crippen LogP contribution >= 0.6 is 0 Å². The van der Waals surface area contributed by atoms with E-state index in [0.717, 1.165) is 11.1 Å². The molecule has 0 radical (unpaired) electrons. The molecule has 3 saturated heterocycles. The van der Waals surface area contributed by atoms with Crippen LogP contribution in [0, 0.1) is 25.7 Å². The van der Waals surface area contributed by atoms with Gasteiger partial charge >= 0.3 is 0 Å². The Morgan fingerprint density at radius 3 is 2.48 bits per heavy atom. The minimum atomic E-state index is -1.09. The molecule has 0 aliphatic carbocycles. The molecule has 3 N–H and O–H groups in total. The summed E-state index contributed by atoms with van der Waals surface area (Å²) >= 11 is 0. The van der Waals surface area contributed by atoms with Gasteiger partial charge in [0.2, 0.25) is 17.7 Å². The number of carbonyl (C=O) groups excluding carboxylic acids is 3. The number of nitrogens with zero attached hydrogens (tertiary/aromatic N) is 1. The number of fused-ring (bicyclic) bond motifs is 1. The summed E-state index contributed by atoms with van der Waals surface area (Å²) in [6.45, 7) is 7.10. The molecular weight excluding hydrogens is 398 g/mol. The van der Waals surface area contributed by atoms with Crippen molar-refractivity contribution in [2.75, 3.05) is 19.0 Å². The van der Waals surface area contributed by atoms with Crippen LogP contribution in [-0.2, 0) is 19.1 Å². The lowest BCUT2D eigenvalue weighted by Gasteiger charge is -2.36. The predicted molar refractivity (Wildman–Crippen MR) is 114 cm³/mol. The van der Waals surface area contributed by atoms with Gasteiger partial charge in [0.15, 0.2) is 0 Å². The molecule has 8 nitrogen and oxygen atoms in total. The number of para-hydroxylation sites is 1. The summed E-state index contributed by atoms with van der Waals surface area (Å²) in [4.78, 5) is 41.5. The van der Waals surface area contributed by atoms with Gasteiger partial charge in [-0.3, -0.25) is 14.4 Å². The number of nitrogens with one attached hydrogen (secondary N) is 2. The van der Waals surface area contributed by atoms with Crippen LogP contribution in [0.5, 0.6) is 0 Å². The SMILES string of the molecule is CNC(=O)[C@@H]1[C@H]2C(=O)N([C@H](C)CO)C(C(=O)Nc3c(C)cccc3C)C23CC[C@@]1(C)O3. The van der Waals surface area contributed by atoms with Crippen molar-refractivity contribution in [2.24, 2.45) is 11.8 Å². The van der Waals surface area contributed by atoms with E-state index < -0.39 is 35.1 Å². The highest BCUT2D eigenvalue weighted by atomic mass is 16.5. The number of ether oxygens (including phenoxy) is 1. The molecule has 4 rings (SSSR count). The number of aryl methyl sites for hydroxylation is 2. The van der Waals surface area contributed by atoms with Gasteiger partial charge in [-0.1, -0.05) is 18.2 Å². The summed E-state index contributed by atoms with van der Waals surface area (Å²) < 4.78 is 6.47. The number of hydrogen-bond acceptors (Lipinski definition) is 5. The summed E-state index contributed by atoms with van der Waals surface area (Å²) in [6, 6.07) is 4.24. The maximum atomic E-state index is 13.7. The van der Waals surface area contributed by atoms with Crippen LogP contribution in [0.4, 0.5) is 5.69 Å². The number of anilines is 1. The van der Waals surface area contributed by atoms with E-state index in [1.807, 2.05) is 39.0 Å². The van der Waals surface area contributed by atoms with Crippen molar-refractivity contribution in [3.8, 4) is 0 Å². The molecule has 31 heavy (non-hydrogen) atoms. The molecule has 1 aromatic carbocycles. The molecule has 6 atom stereocenters. The number of hydrogen-bond donors (Lipinski definition) is 3. The molecule has 3 aliphatic heterocycles. The number of aliphatic hydroxyl groups excluding tert-OH is 1. The van der Waals surface area contributed by atoms with Crippen LogP contribution < -0.4 is 10.6 Å². The largest absolute Gasteiger partial charge is 0.394 e. The van der Waals surface area contributed by atoms with Gasteiger partial charge in [-0.15, -0.1) is 0 Å². The normalized spacial score (nSPS) is 34.6. The molecule has 168 valence electrons. The van der Waals surface area contributed by atoms with Gasteiger partial charge in [-0.25, -0.2) is 0 Å². The van der Waals surface area contributed by atoms with E-state index >= 15 is 0 Å². The lowest BCUT2D eigenvalue weighted by molar-refractivity contribution is -0.147. The summed E-state index contributed by atoms with van der Waals surface area (Å²) in [6.07, 6.45) is 1.09. The zero-order valence-corrected chi connectivity index (χ0v) is 18.7. The van der Waals surface area contributed by atoms with E-state index in [2.05, 4.69) is 10.6 Å². The molecule has 3 amide bonds. The topological polar surface area (TPSA) is 108 Å². The number of amides is 3. The third-order valence-electron chi connectivity index (χ3n) is 7.46. The number of likely N-dealkylation sites (tertiary alicyclic amines) is 1. The van der Waals surface area contributed by atoms with Crippen molar-refractivity contribution in [2.45, 2.75) is 63.8 Å². The first-order chi connectivity index (χ1) is 14.6. The molecule has 3 heterocycles. The molecule has 2 bridgehead atoms. The molecule has 0 aromatic heterocycles. The van der Waals surface area contributed by atoms with Gasteiger partial charge in [-0.2, -0.15) is 0 Å². The quantitative estimate of drug-likeness (QED) is 0.650. The van der Waals surface area contributed by atoms with Gasteiger partial charge in [0, 0.05) is 12.7 Å². The van der Waals surface area contributed by atoms with E-state index in [9.17, 15) is 19.5 Å². The highest BCUT2D eigenvalue weighted by Gasteiger charge is 2.78. The number of aliphatic hydroxyl groups is 1. The van der Waals surface area contributed by atoms with Gasteiger partial charge in [0.25, 0.3) is 0 Å². The Morgan fingerprint density at radius 1 is 1.26 bits per heavy atom. The molecule has 1 spiro atoms. The Morgan fingerprint density at radius 2 is 1.90 bits per heavy atom.